The second-order valence-electron chi connectivity index (χ2n) is 2.84. The third-order valence-electron chi connectivity index (χ3n) is 1.93. The largest absolute Gasteiger partial charge is 0.281 e. The summed E-state index contributed by atoms with van der Waals surface area (Å²) in [6, 6.07) is 1.52. The summed E-state index contributed by atoms with van der Waals surface area (Å²) in [5, 5.41) is 1.15. The molecule has 2 heterocycles. The number of halogens is 4. The van der Waals surface area contributed by atoms with Crippen molar-refractivity contribution in [1.29, 1.82) is 0 Å². The number of fused-ring (bicyclic) bond motifs is 1. The third kappa shape index (κ3) is 1.94. The Morgan fingerprint density at radius 3 is 2.60 bits per heavy atom. The molecule has 0 N–H and O–H groups in total. The SMILES string of the molecule is FC(F)c1ncc(Br)c2cc(Cl)ncc12. The second-order valence-corrected chi connectivity index (χ2v) is 4.09. The van der Waals surface area contributed by atoms with E-state index in [9.17, 15) is 8.78 Å². The topological polar surface area (TPSA) is 25.8 Å². The minimum Gasteiger partial charge on any atom is -0.253 e. The Morgan fingerprint density at radius 2 is 1.93 bits per heavy atom. The standard InChI is InChI=1S/C9H4BrClF2N2/c10-6-3-15-8(9(12)13)5-2-14-7(11)1-4(5)6/h1-3,9H. The second kappa shape index (κ2) is 3.98. The number of nitrogens with zero attached hydrogens (tertiary/aromatic N) is 2. The van der Waals surface area contributed by atoms with Crippen molar-refractivity contribution in [2.75, 3.05) is 0 Å². The van der Waals surface area contributed by atoms with Gasteiger partial charge in [0.1, 0.15) is 10.8 Å². The van der Waals surface area contributed by atoms with E-state index in [1.165, 1.54) is 18.5 Å². The lowest BCUT2D eigenvalue weighted by Crippen LogP contribution is -1.93. The molecule has 0 bridgehead atoms. The maximum absolute atomic E-state index is 12.6. The molecule has 0 aliphatic rings. The first-order valence-electron chi connectivity index (χ1n) is 3.97. The average Bonchev–Trinajstić information content (AvgIpc) is 2.19. The van der Waals surface area contributed by atoms with Crippen LogP contribution in [0.3, 0.4) is 0 Å². The van der Waals surface area contributed by atoms with Crippen molar-refractivity contribution in [3.8, 4) is 0 Å². The van der Waals surface area contributed by atoms with Crippen molar-refractivity contribution < 1.29 is 8.78 Å². The minimum absolute atomic E-state index is 0.259. The summed E-state index contributed by atoms with van der Waals surface area (Å²) in [6.45, 7) is 0. The predicted molar refractivity (Wildman–Crippen MR) is 57.2 cm³/mol. The van der Waals surface area contributed by atoms with Gasteiger partial charge in [-0.1, -0.05) is 11.6 Å². The van der Waals surface area contributed by atoms with Crippen LogP contribution in [-0.2, 0) is 0 Å². The van der Waals surface area contributed by atoms with Gasteiger partial charge in [-0.2, -0.15) is 0 Å². The van der Waals surface area contributed by atoms with E-state index >= 15 is 0 Å². The summed E-state index contributed by atoms with van der Waals surface area (Å²) < 4.78 is 25.8. The van der Waals surface area contributed by atoms with Gasteiger partial charge < -0.3 is 0 Å². The summed E-state index contributed by atoms with van der Waals surface area (Å²) >= 11 is 8.90. The molecule has 0 aromatic carbocycles. The van der Waals surface area contributed by atoms with Gasteiger partial charge in [-0.25, -0.2) is 13.8 Å². The Balaban J connectivity index is 2.82. The van der Waals surface area contributed by atoms with Crippen molar-refractivity contribution in [3.05, 3.63) is 33.8 Å². The summed E-state index contributed by atoms with van der Waals surface area (Å²) in [5.74, 6) is 0. The molecule has 0 aliphatic carbocycles. The zero-order valence-corrected chi connectivity index (χ0v) is 9.56. The van der Waals surface area contributed by atoms with Gasteiger partial charge in [-0.05, 0) is 22.0 Å². The highest BCUT2D eigenvalue weighted by Crippen LogP contribution is 2.30. The van der Waals surface area contributed by atoms with Gasteiger partial charge in [-0.3, -0.25) is 4.98 Å². The number of rotatable bonds is 1. The number of pyridine rings is 2. The highest BCUT2D eigenvalue weighted by molar-refractivity contribution is 9.10. The molecule has 0 unspecified atom stereocenters. The number of alkyl halides is 2. The first kappa shape index (κ1) is 10.7. The molecule has 2 aromatic rings. The Bertz CT molecular complexity index is 519. The molecule has 2 nitrogen and oxygen atoms in total. The Kier molecular flexibility index (Phi) is 2.84. The summed E-state index contributed by atoms with van der Waals surface area (Å²) in [5.41, 5.74) is -0.280. The van der Waals surface area contributed by atoms with E-state index < -0.39 is 6.43 Å². The fourth-order valence-corrected chi connectivity index (χ4v) is 1.86. The van der Waals surface area contributed by atoms with E-state index in [4.69, 9.17) is 11.6 Å². The van der Waals surface area contributed by atoms with Crippen LogP contribution in [0.5, 0.6) is 0 Å². The van der Waals surface area contributed by atoms with Crippen LogP contribution in [0.2, 0.25) is 5.15 Å². The average molecular weight is 293 g/mol. The van der Waals surface area contributed by atoms with E-state index in [0.29, 0.717) is 15.2 Å². The zero-order valence-electron chi connectivity index (χ0n) is 7.22. The summed E-state index contributed by atoms with van der Waals surface area (Å²) in [4.78, 5) is 7.42. The van der Waals surface area contributed by atoms with Crippen molar-refractivity contribution >= 4 is 38.3 Å². The van der Waals surface area contributed by atoms with Crippen LogP contribution < -0.4 is 0 Å². The molecule has 0 amide bonds. The van der Waals surface area contributed by atoms with Crippen LogP contribution in [0.1, 0.15) is 12.1 Å². The maximum Gasteiger partial charge on any atom is 0.281 e. The van der Waals surface area contributed by atoms with Gasteiger partial charge in [0.25, 0.3) is 6.43 Å². The summed E-state index contributed by atoms with van der Waals surface area (Å²) in [7, 11) is 0. The molecule has 0 saturated carbocycles. The van der Waals surface area contributed by atoms with E-state index in [-0.39, 0.29) is 10.8 Å². The molecule has 0 aliphatic heterocycles. The van der Waals surface area contributed by atoms with Gasteiger partial charge in [0.05, 0.1) is 0 Å². The van der Waals surface area contributed by atoms with E-state index in [2.05, 4.69) is 25.9 Å². The lowest BCUT2D eigenvalue weighted by Gasteiger charge is -2.05. The molecule has 0 atom stereocenters. The highest BCUT2D eigenvalue weighted by Gasteiger charge is 2.15. The molecular weight excluding hydrogens is 289 g/mol. The van der Waals surface area contributed by atoms with Crippen LogP contribution in [-0.4, -0.2) is 9.97 Å². The van der Waals surface area contributed by atoms with Crippen molar-refractivity contribution in [3.63, 3.8) is 0 Å². The van der Waals surface area contributed by atoms with E-state index in [1.807, 2.05) is 0 Å². The van der Waals surface area contributed by atoms with E-state index in [1.54, 1.807) is 0 Å². The van der Waals surface area contributed by atoms with E-state index in [0.717, 1.165) is 0 Å². The molecule has 0 spiro atoms. The minimum atomic E-state index is -2.62. The molecule has 0 saturated heterocycles. The molecule has 0 radical (unpaired) electrons. The van der Waals surface area contributed by atoms with Crippen molar-refractivity contribution in [2.24, 2.45) is 0 Å². The van der Waals surface area contributed by atoms with Crippen LogP contribution in [0.4, 0.5) is 8.78 Å². The molecule has 6 heteroatoms. The normalized spacial score (nSPS) is 11.3. The summed E-state index contributed by atoms with van der Waals surface area (Å²) in [6.07, 6.45) is 0.0143. The predicted octanol–water partition coefficient (Wildman–Crippen LogP) is 3.98. The zero-order chi connectivity index (χ0) is 11.0. The molecule has 15 heavy (non-hydrogen) atoms. The highest BCUT2D eigenvalue weighted by atomic mass is 79.9. The monoisotopic (exact) mass is 292 g/mol. The lowest BCUT2D eigenvalue weighted by atomic mass is 10.2. The molecule has 2 rings (SSSR count). The van der Waals surface area contributed by atoms with Crippen LogP contribution in [0.25, 0.3) is 10.8 Å². The number of hydrogen-bond donors (Lipinski definition) is 0. The molecule has 2 aromatic heterocycles. The molecule has 78 valence electrons. The smallest absolute Gasteiger partial charge is 0.253 e. The maximum atomic E-state index is 12.6. The first-order valence-corrected chi connectivity index (χ1v) is 5.14. The van der Waals surface area contributed by atoms with Crippen LogP contribution in [0, 0.1) is 0 Å². The molecule has 0 fully saturated rings. The van der Waals surface area contributed by atoms with Gasteiger partial charge >= 0.3 is 0 Å². The lowest BCUT2D eigenvalue weighted by molar-refractivity contribution is 0.148. The molecular formula is C9H4BrClF2N2. The Hall–Kier alpha value is -0.810. The third-order valence-corrected chi connectivity index (χ3v) is 2.77. The fourth-order valence-electron chi connectivity index (χ4n) is 1.27. The van der Waals surface area contributed by atoms with Gasteiger partial charge in [0, 0.05) is 27.6 Å². The van der Waals surface area contributed by atoms with Gasteiger partial charge in [-0.15, -0.1) is 0 Å². The van der Waals surface area contributed by atoms with Crippen molar-refractivity contribution in [1.82, 2.24) is 9.97 Å². The number of aromatic nitrogens is 2. The van der Waals surface area contributed by atoms with Crippen LogP contribution >= 0.6 is 27.5 Å². The van der Waals surface area contributed by atoms with Crippen LogP contribution in [0.15, 0.2) is 22.9 Å². The number of hydrogen-bond acceptors (Lipinski definition) is 2. The first-order chi connectivity index (χ1) is 7.09. The Morgan fingerprint density at radius 1 is 1.20 bits per heavy atom. The quantitative estimate of drug-likeness (QED) is 0.743. The Labute approximate surface area is 97.4 Å². The fraction of sp³-hybridized carbons (Fsp3) is 0.111. The van der Waals surface area contributed by atoms with Gasteiger partial charge in [0.2, 0.25) is 0 Å². The van der Waals surface area contributed by atoms with Gasteiger partial charge in [0.15, 0.2) is 0 Å². The van der Waals surface area contributed by atoms with Crippen molar-refractivity contribution in [2.45, 2.75) is 6.43 Å².